The number of nitro groups is 1. The van der Waals surface area contributed by atoms with E-state index in [4.69, 9.17) is 15.7 Å². The molecule has 1 saturated heterocycles. The fourth-order valence-corrected chi connectivity index (χ4v) is 2.45. The summed E-state index contributed by atoms with van der Waals surface area (Å²) in [7, 11) is 1.83. The fraction of sp³-hybridized carbons (Fsp3) is 0.462. The van der Waals surface area contributed by atoms with Crippen molar-refractivity contribution in [2.75, 3.05) is 25.2 Å². The molecule has 0 amide bonds. The summed E-state index contributed by atoms with van der Waals surface area (Å²) in [6, 6.07) is 4.75. The number of hydrogen-bond donors (Lipinski definition) is 2. The quantitative estimate of drug-likeness (QED) is 0.284. The molecule has 1 aromatic carbocycles. The van der Waals surface area contributed by atoms with Gasteiger partial charge in [-0.1, -0.05) is 5.16 Å². The predicted octanol–water partition coefficient (Wildman–Crippen LogP) is 1.30. The third kappa shape index (κ3) is 3.22. The van der Waals surface area contributed by atoms with Crippen LogP contribution in [-0.2, 0) is 4.74 Å². The first-order chi connectivity index (χ1) is 10.0. The van der Waals surface area contributed by atoms with Crippen molar-refractivity contribution < 1.29 is 14.9 Å². The van der Waals surface area contributed by atoms with E-state index in [1.165, 1.54) is 6.07 Å². The van der Waals surface area contributed by atoms with E-state index in [0.717, 1.165) is 12.8 Å². The molecule has 1 aliphatic heterocycles. The maximum absolute atomic E-state index is 11.3. The third-order valence-electron chi connectivity index (χ3n) is 3.69. The van der Waals surface area contributed by atoms with Gasteiger partial charge in [-0.2, -0.15) is 0 Å². The van der Waals surface area contributed by atoms with Gasteiger partial charge in [-0.25, -0.2) is 0 Å². The minimum atomic E-state index is -0.459. The van der Waals surface area contributed by atoms with Crippen LogP contribution in [0.5, 0.6) is 0 Å². The Labute approximate surface area is 121 Å². The second kappa shape index (κ2) is 6.40. The van der Waals surface area contributed by atoms with Gasteiger partial charge in [0.15, 0.2) is 5.84 Å². The molecule has 114 valence electrons. The van der Waals surface area contributed by atoms with Crippen molar-refractivity contribution in [2.24, 2.45) is 10.9 Å². The number of benzene rings is 1. The van der Waals surface area contributed by atoms with Crippen LogP contribution in [0.4, 0.5) is 11.4 Å². The van der Waals surface area contributed by atoms with E-state index < -0.39 is 4.92 Å². The van der Waals surface area contributed by atoms with E-state index in [1.54, 1.807) is 12.1 Å². The van der Waals surface area contributed by atoms with Crippen molar-refractivity contribution in [1.29, 1.82) is 0 Å². The Morgan fingerprint density at radius 3 is 2.76 bits per heavy atom. The Balaban J connectivity index is 2.35. The highest BCUT2D eigenvalue weighted by molar-refractivity contribution is 5.98. The maximum Gasteiger partial charge on any atom is 0.293 e. The van der Waals surface area contributed by atoms with Crippen molar-refractivity contribution in [3.8, 4) is 0 Å². The maximum atomic E-state index is 11.3. The summed E-state index contributed by atoms with van der Waals surface area (Å²) in [5.41, 5.74) is 6.25. The summed E-state index contributed by atoms with van der Waals surface area (Å²) in [5, 5.41) is 22.8. The summed E-state index contributed by atoms with van der Waals surface area (Å²) >= 11 is 0. The monoisotopic (exact) mass is 294 g/mol. The first kappa shape index (κ1) is 15.0. The Morgan fingerprint density at radius 1 is 1.52 bits per heavy atom. The lowest BCUT2D eigenvalue weighted by atomic mass is 10.1. The number of ether oxygens (including phenoxy) is 1. The second-order valence-corrected chi connectivity index (χ2v) is 4.90. The number of rotatable bonds is 4. The largest absolute Gasteiger partial charge is 0.409 e. The molecule has 0 saturated carbocycles. The van der Waals surface area contributed by atoms with Gasteiger partial charge < -0.3 is 20.6 Å². The van der Waals surface area contributed by atoms with Gasteiger partial charge in [-0.3, -0.25) is 10.1 Å². The Hall–Kier alpha value is -2.35. The topological polar surface area (TPSA) is 114 Å². The molecule has 0 aromatic heterocycles. The summed E-state index contributed by atoms with van der Waals surface area (Å²) in [4.78, 5) is 12.7. The number of nitrogens with zero attached hydrogens (tertiary/aromatic N) is 3. The van der Waals surface area contributed by atoms with Gasteiger partial charge in [0.05, 0.1) is 4.92 Å². The number of oxime groups is 1. The van der Waals surface area contributed by atoms with Gasteiger partial charge in [-0.15, -0.1) is 0 Å². The Bertz CT molecular complexity index is 555. The highest BCUT2D eigenvalue weighted by atomic mass is 16.6. The summed E-state index contributed by atoms with van der Waals surface area (Å²) in [5.74, 6) is -0.154. The molecule has 0 unspecified atom stereocenters. The van der Waals surface area contributed by atoms with E-state index in [0.29, 0.717) is 24.5 Å². The number of anilines is 1. The van der Waals surface area contributed by atoms with Crippen LogP contribution in [0.25, 0.3) is 0 Å². The van der Waals surface area contributed by atoms with Crippen LogP contribution in [0.1, 0.15) is 18.4 Å². The Morgan fingerprint density at radius 2 is 2.19 bits per heavy atom. The number of amidine groups is 1. The molecular weight excluding hydrogens is 276 g/mol. The molecule has 0 bridgehead atoms. The molecule has 1 fully saturated rings. The fourth-order valence-electron chi connectivity index (χ4n) is 2.45. The van der Waals surface area contributed by atoms with E-state index in [2.05, 4.69) is 5.16 Å². The van der Waals surface area contributed by atoms with Crippen molar-refractivity contribution in [3.05, 3.63) is 33.9 Å². The smallest absolute Gasteiger partial charge is 0.293 e. The van der Waals surface area contributed by atoms with Crippen LogP contribution in [0.3, 0.4) is 0 Å². The lowest BCUT2D eigenvalue weighted by molar-refractivity contribution is -0.384. The minimum Gasteiger partial charge on any atom is -0.409 e. The van der Waals surface area contributed by atoms with Crippen LogP contribution in [0.2, 0.25) is 0 Å². The molecular formula is C13H18N4O4. The lowest BCUT2D eigenvalue weighted by Crippen LogP contribution is -2.37. The zero-order chi connectivity index (χ0) is 15.4. The predicted molar refractivity (Wildman–Crippen MR) is 77.9 cm³/mol. The van der Waals surface area contributed by atoms with E-state index in [1.807, 2.05) is 11.9 Å². The number of hydrogen-bond acceptors (Lipinski definition) is 6. The van der Waals surface area contributed by atoms with Gasteiger partial charge in [-0.05, 0) is 25.0 Å². The Kier molecular flexibility index (Phi) is 4.59. The van der Waals surface area contributed by atoms with Crippen molar-refractivity contribution in [2.45, 2.75) is 18.9 Å². The summed E-state index contributed by atoms with van der Waals surface area (Å²) in [6.07, 6.45) is 1.66. The first-order valence-electron chi connectivity index (χ1n) is 6.61. The summed E-state index contributed by atoms with van der Waals surface area (Å²) in [6.45, 7) is 1.32. The standard InChI is InChI=1S/C13H18N4O4/c1-16(10-4-6-21-7-5-10)11-3-2-9(13(14)15-18)8-12(11)17(19)20/h2-3,8,10,18H,4-7H2,1H3,(H2,14,15). The summed E-state index contributed by atoms with van der Waals surface area (Å²) < 4.78 is 5.31. The van der Waals surface area contributed by atoms with Crippen LogP contribution in [-0.4, -0.2) is 42.3 Å². The average Bonchev–Trinajstić information content (AvgIpc) is 2.53. The molecule has 1 heterocycles. The molecule has 8 heteroatoms. The van der Waals surface area contributed by atoms with E-state index in [-0.39, 0.29) is 17.6 Å². The van der Waals surface area contributed by atoms with E-state index >= 15 is 0 Å². The van der Waals surface area contributed by atoms with Crippen molar-refractivity contribution in [3.63, 3.8) is 0 Å². The molecule has 1 aliphatic rings. The molecule has 0 atom stereocenters. The van der Waals surface area contributed by atoms with Crippen molar-refractivity contribution >= 4 is 17.2 Å². The minimum absolute atomic E-state index is 0.0620. The van der Waals surface area contributed by atoms with Gasteiger partial charge in [0, 0.05) is 37.9 Å². The molecule has 0 aliphatic carbocycles. The second-order valence-electron chi connectivity index (χ2n) is 4.90. The normalized spacial score (nSPS) is 16.7. The molecule has 1 aromatic rings. The highest BCUT2D eigenvalue weighted by Gasteiger charge is 2.25. The van der Waals surface area contributed by atoms with Gasteiger partial charge in [0.1, 0.15) is 5.69 Å². The number of nitro benzene ring substituents is 1. The molecule has 3 N–H and O–H groups in total. The lowest BCUT2D eigenvalue weighted by Gasteiger charge is -2.32. The molecule has 0 radical (unpaired) electrons. The van der Waals surface area contributed by atoms with E-state index in [9.17, 15) is 10.1 Å². The first-order valence-corrected chi connectivity index (χ1v) is 6.61. The number of nitrogens with two attached hydrogens (primary N) is 1. The average molecular weight is 294 g/mol. The zero-order valence-electron chi connectivity index (χ0n) is 11.7. The SMILES string of the molecule is CN(c1ccc(C(N)=NO)cc1[N+](=O)[O-])C1CCOCC1. The third-order valence-corrected chi connectivity index (χ3v) is 3.69. The molecule has 21 heavy (non-hydrogen) atoms. The van der Waals surface area contributed by atoms with Crippen LogP contribution in [0.15, 0.2) is 23.4 Å². The molecule has 2 rings (SSSR count). The van der Waals surface area contributed by atoms with Crippen LogP contribution >= 0.6 is 0 Å². The van der Waals surface area contributed by atoms with Gasteiger partial charge >= 0.3 is 0 Å². The van der Waals surface area contributed by atoms with Crippen LogP contribution in [0, 0.1) is 10.1 Å². The van der Waals surface area contributed by atoms with Gasteiger partial charge in [0.2, 0.25) is 0 Å². The molecule has 0 spiro atoms. The highest BCUT2D eigenvalue weighted by Crippen LogP contribution is 2.31. The van der Waals surface area contributed by atoms with Gasteiger partial charge in [0.25, 0.3) is 5.69 Å². The van der Waals surface area contributed by atoms with Crippen LogP contribution < -0.4 is 10.6 Å². The van der Waals surface area contributed by atoms with Crippen molar-refractivity contribution in [1.82, 2.24) is 0 Å². The molecule has 8 nitrogen and oxygen atoms in total. The zero-order valence-corrected chi connectivity index (χ0v) is 11.7.